The summed E-state index contributed by atoms with van der Waals surface area (Å²) in [7, 11) is 0. The second-order valence-corrected chi connectivity index (χ2v) is 6.51. The van der Waals surface area contributed by atoms with Crippen molar-refractivity contribution in [2.24, 2.45) is 17.8 Å². The number of rotatable bonds is 9. The minimum Gasteiger partial charge on any atom is -0.394 e. The number of carbonyl (C=O) groups excluding carboxylic acids is 1. The predicted octanol–water partition coefficient (Wildman–Crippen LogP) is -0.440. The third-order valence-corrected chi connectivity index (χ3v) is 4.89. The number of fused-ring (bicyclic) bond motifs is 2. The third kappa shape index (κ3) is 4.29. The van der Waals surface area contributed by atoms with Crippen molar-refractivity contribution in [3.63, 3.8) is 0 Å². The van der Waals surface area contributed by atoms with Crippen molar-refractivity contribution in [3.8, 4) is 0 Å². The summed E-state index contributed by atoms with van der Waals surface area (Å²) < 4.78 is 0. The number of carbonyl (C=O) groups is 1. The molecule has 0 aromatic rings. The van der Waals surface area contributed by atoms with E-state index in [0.29, 0.717) is 6.54 Å². The standard InChI is InChI=1S/C16H27NO5/c18-9-13(19)14(20)15(21)16(22)17-6-2-1-3-11-7-10-4-5-12(11)8-10/h4-5,10-15,18-21H,1-3,6-9H2,(H,17,22). The van der Waals surface area contributed by atoms with Crippen LogP contribution in [0.25, 0.3) is 0 Å². The molecule has 6 atom stereocenters. The first-order chi connectivity index (χ1) is 10.5. The number of unbranched alkanes of at least 4 members (excludes halogenated alkanes) is 1. The van der Waals surface area contributed by atoms with Crippen LogP contribution in [0.4, 0.5) is 0 Å². The highest BCUT2D eigenvalue weighted by Crippen LogP contribution is 2.45. The van der Waals surface area contributed by atoms with Crippen LogP contribution in [0.3, 0.4) is 0 Å². The topological polar surface area (TPSA) is 110 Å². The number of hydrogen-bond donors (Lipinski definition) is 5. The van der Waals surface area contributed by atoms with Gasteiger partial charge < -0.3 is 25.7 Å². The second-order valence-electron chi connectivity index (χ2n) is 6.51. The Labute approximate surface area is 130 Å². The Morgan fingerprint density at radius 3 is 2.55 bits per heavy atom. The molecule has 0 aromatic carbocycles. The van der Waals surface area contributed by atoms with Crippen LogP contribution < -0.4 is 5.32 Å². The monoisotopic (exact) mass is 313 g/mol. The van der Waals surface area contributed by atoms with Crippen LogP contribution in [0.15, 0.2) is 12.2 Å². The van der Waals surface area contributed by atoms with Crippen molar-refractivity contribution in [2.75, 3.05) is 13.2 Å². The lowest BCUT2D eigenvalue weighted by Crippen LogP contribution is -2.48. The quantitative estimate of drug-likeness (QED) is 0.293. The molecule has 6 heteroatoms. The highest BCUT2D eigenvalue weighted by atomic mass is 16.4. The van der Waals surface area contributed by atoms with E-state index in [9.17, 15) is 20.1 Å². The molecule has 22 heavy (non-hydrogen) atoms. The lowest BCUT2D eigenvalue weighted by atomic mass is 9.89. The van der Waals surface area contributed by atoms with E-state index in [1.807, 2.05) is 0 Å². The fourth-order valence-electron chi connectivity index (χ4n) is 3.55. The first-order valence-corrected chi connectivity index (χ1v) is 8.14. The van der Waals surface area contributed by atoms with Gasteiger partial charge in [0.1, 0.15) is 12.2 Å². The fourth-order valence-corrected chi connectivity index (χ4v) is 3.55. The zero-order valence-electron chi connectivity index (χ0n) is 12.8. The van der Waals surface area contributed by atoms with Gasteiger partial charge in [0.05, 0.1) is 6.61 Å². The molecule has 1 fully saturated rings. The Kier molecular flexibility index (Phi) is 6.37. The lowest BCUT2D eigenvalue weighted by Gasteiger charge is -2.21. The molecule has 6 unspecified atom stereocenters. The number of aliphatic hydroxyl groups is 4. The average molecular weight is 313 g/mol. The highest BCUT2D eigenvalue weighted by molar-refractivity contribution is 5.81. The summed E-state index contributed by atoms with van der Waals surface area (Å²) in [5.74, 6) is 1.58. The van der Waals surface area contributed by atoms with Gasteiger partial charge in [-0.2, -0.15) is 0 Å². The Bertz CT molecular complexity index is 400. The van der Waals surface area contributed by atoms with Crippen LogP contribution in [0.2, 0.25) is 0 Å². The molecule has 2 aliphatic carbocycles. The Balaban J connectivity index is 1.56. The van der Waals surface area contributed by atoms with E-state index in [0.717, 1.165) is 37.0 Å². The molecule has 1 amide bonds. The molecule has 0 saturated heterocycles. The number of amides is 1. The molecule has 0 aromatic heterocycles. The van der Waals surface area contributed by atoms with Gasteiger partial charge in [-0.3, -0.25) is 4.79 Å². The largest absolute Gasteiger partial charge is 0.394 e. The van der Waals surface area contributed by atoms with Crippen molar-refractivity contribution < 1.29 is 25.2 Å². The van der Waals surface area contributed by atoms with Crippen LogP contribution in [0, 0.1) is 17.8 Å². The summed E-state index contributed by atoms with van der Waals surface area (Å²) in [6.07, 6.45) is 5.36. The van der Waals surface area contributed by atoms with Crippen LogP contribution in [-0.4, -0.2) is 57.8 Å². The van der Waals surface area contributed by atoms with Gasteiger partial charge in [0.25, 0.3) is 5.91 Å². The van der Waals surface area contributed by atoms with Crippen molar-refractivity contribution in [3.05, 3.63) is 12.2 Å². The molecule has 2 rings (SSSR count). The van der Waals surface area contributed by atoms with E-state index in [2.05, 4.69) is 17.5 Å². The van der Waals surface area contributed by atoms with E-state index >= 15 is 0 Å². The molecule has 6 nitrogen and oxygen atoms in total. The molecule has 0 heterocycles. The molecule has 2 aliphatic rings. The van der Waals surface area contributed by atoms with Crippen LogP contribution >= 0.6 is 0 Å². The van der Waals surface area contributed by atoms with Gasteiger partial charge in [-0.15, -0.1) is 0 Å². The zero-order chi connectivity index (χ0) is 16.1. The maximum atomic E-state index is 11.6. The maximum absolute atomic E-state index is 11.6. The van der Waals surface area contributed by atoms with Crippen molar-refractivity contribution in [1.82, 2.24) is 5.32 Å². The summed E-state index contributed by atoms with van der Waals surface area (Å²) in [5.41, 5.74) is 0. The molecule has 0 aliphatic heterocycles. The number of allylic oxidation sites excluding steroid dienone is 2. The summed E-state index contributed by atoms with van der Waals surface area (Å²) >= 11 is 0. The van der Waals surface area contributed by atoms with E-state index in [1.165, 1.54) is 12.8 Å². The van der Waals surface area contributed by atoms with Crippen molar-refractivity contribution in [1.29, 1.82) is 0 Å². The Morgan fingerprint density at radius 2 is 1.95 bits per heavy atom. The fraction of sp³-hybridized carbons (Fsp3) is 0.812. The predicted molar refractivity (Wildman–Crippen MR) is 80.8 cm³/mol. The molecular formula is C16H27NO5. The third-order valence-electron chi connectivity index (χ3n) is 4.89. The van der Waals surface area contributed by atoms with Crippen LogP contribution in [0.1, 0.15) is 32.1 Å². The number of aliphatic hydroxyl groups excluding tert-OH is 4. The Morgan fingerprint density at radius 1 is 1.18 bits per heavy atom. The second kappa shape index (κ2) is 8.06. The zero-order valence-corrected chi connectivity index (χ0v) is 12.8. The summed E-state index contributed by atoms with van der Waals surface area (Å²) in [4.78, 5) is 11.6. The van der Waals surface area contributed by atoms with Gasteiger partial charge in [0.2, 0.25) is 0 Å². The van der Waals surface area contributed by atoms with E-state index < -0.39 is 30.8 Å². The Hall–Kier alpha value is -0.950. The smallest absolute Gasteiger partial charge is 0.251 e. The van der Waals surface area contributed by atoms with E-state index in [4.69, 9.17) is 5.11 Å². The minimum absolute atomic E-state index is 0.439. The van der Waals surface area contributed by atoms with Crippen LogP contribution in [-0.2, 0) is 4.79 Å². The van der Waals surface area contributed by atoms with E-state index in [-0.39, 0.29) is 0 Å². The van der Waals surface area contributed by atoms with Gasteiger partial charge in [0, 0.05) is 6.54 Å². The molecular weight excluding hydrogens is 286 g/mol. The summed E-state index contributed by atoms with van der Waals surface area (Å²) in [6, 6.07) is 0. The van der Waals surface area contributed by atoms with Crippen molar-refractivity contribution >= 4 is 5.91 Å². The van der Waals surface area contributed by atoms with Gasteiger partial charge in [-0.05, 0) is 43.4 Å². The summed E-state index contributed by atoms with van der Waals surface area (Å²) in [5, 5.41) is 39.4. The maximum Gasteiger partial charge on any atom is 0.251 e. The van der Waals surface area contributed by atoms with Gasteiger partial charge >= 0.3 is 0 Å². The van der Waals surface area contributed by atoms with Gasteiger partial charge in [-0.1, -0.05) is 18.6 Å². The summed E-state index contributed by atoms with van der Waals surface area (Å²) in [6.45, 7) is -0.266. The normalized spacial score (nSPS) is 30.3. The first kappa shape index (κ1) is 17.4. The average Bonchev–Trinajstić information content (AvgIpc) is 3.14. The molecule has 2 bridgehead atoms. The van der Waals surface area contributed by atoms with Gasteiger partial charge in [0.15, 0.2) is 6.10 Å². The molecule has 0 radical (unpaired) electrons. The SMILES string of the molecule is O=C(NCCCCC1CC2C=CC1C2)C(O)C(O)C(O)CO. The molecule has 1 saturated carbocycles. The van der Waals surface area contributed by atoms with Crippen LogP contribution in [0.5, 0.6) is 0 Å². The molecule has 5 N–H and O–H groups in total. The number of nitrogens with one attached hydrogen (secondary N) is 1. The minimum atomic E-state index is -1.72. The molecule has 0 spiro atoms. The first-order valence-electron chi connectivity index (χ1n) is 8.14. The lowest BCUT2D eigenvalue weighted by molar-refractivity contribution is -0.142. The number of hydrogen-bond acceptors (Lipinski definition) is 5. The van der Waals surface area contributed by atoms with Crippen molar-refractivity contribution in [2.45, 2.75) is 50.4 Å². The molecule has 126 valence electrons. The highest BCUT2D eigenvalue weighted by Gasteiger charge is 2.34. The van der Waals surface area contributed by atoms with E-state index in [1.54, 1.807) is 0 Å². The van der Waals surface area contributed by atoms with Gasteiger partial charge in [-0.25, -0.2) is 0 Å².